The van der Waals surface area contributed by atoms with Crippen LogP contribution in [0.4, 0.5) is 0 Å². The zero-order chi connectivity index (χ0) is 10.2. The van der Waals surface area contributed by atoms with Crippen LogP contribution in [-0.4, -0.2) is 16.5 Å². The van der Waals surface area contributed by atoms with Crippen molar-refractivity contribution in [2.24, 2.45) is 0 Å². The second-order valence-electron chi connectivity index (χ2n) is 2.77. The number of hydrogen-bond acceptors (Lipinski definition) is 2. The van der Waals surface area contributed by atoms with E-state index < -0.39 is 0 Å². The Kier molecular flexibility index (Phi) is 4.14. The van der Waals surface area contributed by atoms with E-state index >= 15 is 0 Å². The van der Waals surface area contributed by atoms with Crippen LogP contribution in [0.3, 0.4) is 0 Å². The summed E-state index contributed by atoms with van der Waals surface area (Å²) in [7, 11) is 0. The summed E-state index contributed by atoms with van der Waals surface area (Å²) in [4.78, 5) is 10.0. The highest BCUT2D eigenvalue weighted by molar-refractivity contribution is 5.74. The van der Waals surface area contributed by atoms with Gasteiger partial charge in [-0.3, -0.25) is 9.89 Å². The molecule has 1 aromatic heterocycles. The Hall–Kier alpha value is -1.90. The Balaban J connectivity index is 0.000000146. The first-order chi connectivity index (χ1) is 6.83. The molecular formula is C11H12N2O. The highest BCUT2D eigenvalue weighted by Gasteiger charge is 1.80. The molecule has 0 atom stereocenters. The molecule has 1 heterocycles. The summed E-state index contributed by atoms with van der Waals surface area (Å²) in [5.41, 5.74) is 1.84. The van der Waals surface area contributed by atoms with Gasteiger partial charge in [0.15, 0.2) is 0 Å². The summed E-state index contributed by atoms with van der Waals surface area (Å²) in [6, 6.07) is 11.0. The van der Waals surface area contributed by atoms with Crippen molar-refractivity contribution in [1.82, 2.24) is 10.2 Å². The van der Waals surface area contributed by atoms with Gasteiger partial charge in [-0.25, -0.2) is 0 Å². The van der Waals surface area contributed by atoms with E-state index in [0.29, 0.717) is 0 Å². The predicted octanol–water partition coefficient (Wildman–Crippen LogP) is 2.22. The van der Waals surface area contributed by atoms with Gasteiger partial charge in [0.1, 0.15) is 6.29 Å². The average molecular weight is 188 g/mol. The number of aromatic nitrogens is 2. The minimum Gasteiger partial charge on any atom is -0.298 e. The highest BCUT2D eigenvalue weighted by atomic mass is 16.1. The van der Waals surface area contributed by atoms with Crippen molar-refractivity contribution >= 4 is 6.29 Å². The van der Waals surface area contributed by atoms with Gasteiger partial charge < -0.3 is 0 Å². The molecule has 0 saturated heterocycles. The number of carbonyl (C=O) groups is 1. The van der Waals surface area contributed by atoms with Crippen LogP contribution >= 0.6 is 0 Å². The van der Waals surface area contributed by atoms with Crippen LogP contribution in [0.25, 0.3) is 0 Å². The van der Waals surface area contributed by atoms with Crippen LogP contribution in [0.2, 0.25) is 0 Å². The molecule has 0 amide bonds. The van der Waals surface area contributed by atoms with Crippen molar-refractivity contribution in [3.05, 3.63) is 53.9 Å². The largest absolute Gasteiger partial charge is 0.298 e. The first-order valence-corrected chi connectivity index (χ1v) is 4.29. The fourth-order valence-corrected chi connectivity index (χ4v) is 0.857. The number of nitrogens with zero attached hydrogens (tertiary/aromatic N) is 1. The number of nitrogens with one attached hydrogen (secondary N) is 1. The molecule has 0 aliphatic rings. The topological polar surface area (TPSA) is 45.8 Å². The number of rotatable bonds is 1. The van der Waals surface area contributed by atoms with Crippen LogP contribution < -0.4 is 0 Å². The van der Waals surface area contributed by atoms with Gasteiger partial charge in [0.2, 0.25) is 0 Å². The lowest BCUT2D eigenvalue weighted by Crippen LogP contribution is -1.73. The monoisotopic (exact) mass is 188 g/mol. The molecule has 0 unspecified atom stereocenters. The zero-order valence-electron chi connectivity index (χ0n) is 7.97. The van der Waals surface area contributed by atoms with Crippen molar-refractivity contribution in [2.45, 2.75) is 6.92 Å². The van der Waals surface area contributed by atoms with Crippen LogP contribution in [-0.2, 0) is 0 Å². The number of benzene rings is 1. The van der Waals surface area contributed by atoms with E-state index in [1.165, 1.54) is 0 Å². The van der Waals surface area contributed by atoms with E-state index in [0.717, 1.165) is 17.5 Å². The molecule has 0 aliphatic heterocycles. The third-order valence-electron chi connectivity index (χ3n) is 1.58. The Morgan fingerprint density at radius 3 is 2.21 bits per heavy atom. The summed E-state index contributed by atoms with van der Waals surface area (Å²) < 4.78 is 0. The van der Waals surface area contributed by atoms with E-state index in [1.54, 1.807) is 18.3 Å². The van der Waals surface area contributed by atoms with Gasteiger partial charge in [-0.15, -0.1) is 0 Å². The second-order valence-corrected chi connectivity index (χ2v) is 2.77. The summed E-state index contributed by atoms with van der Waals surface area (Å²) >= 11 is 0. The van der Waals surface area contributed by atoms with E-state index in [2.05, 4.69) is 10.2 Å². The van der Waals surface area contributed by atoms with Crippen molar-refractivity contribution < 1.29 is 4.79 Å². The maximum absolute atomic E-state index is 10.0. The van der Waals surface area contributed by atoms with Crippen LogP contribution in [0.15, 0.2) is 42.6 Å². The van der Waals surface area contributed by atoms with Gasteiger partial charge in [-0.05, 0) is 13.0 Å². The van der Waals surface area contributed by atoms with Gasteiger partial charge in [0.05, 0.1) is 0 Å². The molecule has 0 spiro atoms. The molecule has 2 aromatic rings. The molecular weight excluding hydrogens is 176 g/mol. The molecule has 0 bridgehead atoms. The summed E-state index contributed by atoms with van der Waals surface area (Å²) in [5, 5.41) is 6.45. The van der Waals surface area contributed by atoms with E-state index in [-0.39, 0.29) is 0 Å². The van der Waals surface area contributed by atoms with Gasteiger partial charge in [-0.1, -0.05) is 30.3 Å². The van der Waals surface area contributed by atoms with Gasteiger partial charge in [-0.2, -0.15) is 5.10 Å². The molecule has 3 nitrogen and oxygen atoms in total. The molecule has 0 radical (unpaired) electrons. The number of aryl methyl sites for hydroxylation is 1. The summed E-state index contributed by atoms with van der Waals surface area (Å²) in [5.74, 6) is 0. The minimum atomic E-state index is 0.729. The average Bonchev–Trinajstić information content (AvgIpc) is 2.71. The molecule has 14 heavy (non-hydrogen) atoms. The van der Waals surface area contributed by atoms with Gasteiger partial charge >= 0.3 is 0 Å². The Morgan fingerprint density at radius 2 is 1.93 bits per heavy atom. The van der Waals surface area contributed by atoms with E-state index in [4.69, 9.17) is 0 Å². The number of carbonyl (C=O) groups excluding carboxylic acids is 1. The molecule has 0 saturated carbocycles. The summed E-state index contributed by atoms with van der Waals surface area (Å²) in [6.45, 7) is 1.97. The predicted molar refractivity (Wildman–Crippen MR) is 55.2 cm³/mol. The normalized spacial score (nSPS) is 8.64. The van der Waals surface area contributed by atoms with E-state index in [1.807, 2.05) is 31.2 Å². The fourth-order valence-electron chi connectivity index (χ4n) is 0.857. The van der Waals surface area contributed by atoms with Gasteiger partial charge in [0, 0.05) is 17.5 Å². The SMILES string of the molecule is Cc1ccn[nH]1.O=Cc1ccccc1. The molecule has 72 valence electrons. The molecule has 1 N–H and O–H groups in total. The summed E-state index contributed by atoms with van der Waals surface area (Å²) in [6.07, 6.45) is 2.56. The number of hydrogen-bond donors (Lipinski definition) is 1. The maximum Gasteiger partial charge on any atom is 0.150 e. The lowest BCUT2D eigenvalue weighted by molar-refractivity contribution is 0.112. The smallest absolute Gasteiger partial charge is 0.150 e. The first-order valence-electron chi connectivity index (χ1n) is 4.29. The lowest BCUT2D eigenvalue weighted by atomic mass is 10.2. The number of H-pyrrole nitrogens is 1. The highest BCUT2D eigenvalue weighted by Crippen LogP contribution is 1.91. The Bertz CT molecular complexity index is 354. The number of aromatic amines is 1. The third-order valence-corrected chi connectivity index (χ3v) is 1.58. The molecule has 3 heteroatoms. The second kappa shape index (κ2) is 5.70. The number of aldehydes is 1. The van der Waals surface area contributed by atoms with Gasteiger partial charge in [0.25, 0.3) is 0 Å². The van der Waals surface area contributed by atoms with Crippen molar-refractivity contribution in [2.75, 3.05) is 0 Å². The Morgan fingerprint density at radius 1 is 1.21 bits per heavy atom. The van der Waals surface area contributed by atoms with Crippen LogP contribution in [0.5, 0.6) is 0 Å². The zero-order valence-corrected chi connectivity index (χ0v) is 7.97. The minimum absolute atomic E-state index is 0.729. The molecule has 1 aromatic carbocycles. The quantitative estimate of drug-likeness (QED) is 0.697. The van der Waals surface area contributed by atoms with Crippen LogP contribution in [0.1, 0.15) is 16.1 Å². The maximum atomic E-state index is 10.0. The fraction of sp³-hybridized carbons (Fsp3) is 0.0909. The molecule has 0 aliphatic carbocycles. The first kappa shape index (κ1) is 10.2. The van der Waals surface area contributed by atoms with E-state index in [9.17, 15) is 4.79 Å². The van der Waals surface area contributed by atoms with Crippen LogP contribution in [0, 0.1) is 6.92 Å². The Labute approximate surface area is 82.8 Å². The van der Waals surface area contributed by atoms with Crippen molar-refractivity contribution in [3.8, 4) is 0 Å². The van der Waals surface area contributed by atoms with Crippen molar-refractivity contribution in [3.63, 3.8) is 0 Å². The van der Waals surface area contributed by atoms with Crippen molar-refractivity contribution in [1.29, 1.82) is 0 Å². The third kappa shape index (κ3) is 3.67. The molecule has 2 rings (SSSR count). The lowest BCUT2D eigenvalue weighted by Gasteiger charge is -1.81. The standard InChI is InChI=1S/C7H6O.C4H6N2/c8-6-7-4-2-1-3-5-7;1-4-2-3-5-6-4/h1-6H;2-3H,1H3,(H,5,6). The molecule has 0 fully saturated rings.